The molecule has 2 atom stereocenters. The molecule has 1 N–H and O–H groups in total. The van der Waals surface area contributed by atoms with Crippen molar-refractivity contribution in [2.75, 3.05) is 0 Å². The second kappa shape index (κ2) is 5.00. The SMILES string of the molecule is CCCCC#CC1C=CCC1O. The van der Waals surface area contributed by atoms with Gasteiger partial charge in [-0.2, -0.15) is 0 Å². The van der Waals surface area contributed by atoms with E-state index in [2.05, 4.69) is 18.8 Å². The first-order valence-electron chi connectivity index (χ1n) is 4.67. The van der Waals surface area contributed by atoms with Gasteiger partial charge in [0.15, 0.2) is 0 Å². The number of rotatable bonds is 2. The van der Waals surface area contributed by atoms with Gasteiger partial charge in [-0.15, -0.1) is 5.92 Å². The molecule has 0 heterocycles. The molecule has 0 aromatic carbocycles. The summed E-state index contributed by atoms with van der Waals surface area (Å²) in [5.41, 5.74) is 0. The average molecular weight is 164 g/mol. The van der Waals surface area contributed by atoms with Crippen molar-refractivity contribution in [3.8, 4) is 11.8 Å². The lowest BCUT2D eigenvalue weighted by Crippen LogP contribution is -2.10. The fraction of sp³-hybridized carbons (Fsp3) is 0.636. The molecule has 0 radical (unpaired) electrons. The summed E-state index contributed by atoms with van der Waals surface area (Å²) in [6, 6.07) is 0. The van der Waals surface area contributed by atoms with E-state index in [4.69, 9.17) is 0 Å². The third-order valence-corrected chi connectivity index (χ3v) is 2.06. The Morgan fingerprint density at radius 3 is 3.00 bits per heavy atom. The minimum Gasteiger partial charge on any atom is -0.391 e. The second-order valence-corrected chi connectivity index (χ2v) is 3.18. The van der Waals surface area contributed by atoms with E-state index in [0.29, 0.717) is 0 Å². The van der Waals surface area contributed by atoms with Gasteiger partial charge >= 0.3 is 0 Å². The van der Waals surface area contributed by atoms with Gasteiger partial charge in [-0.3, -0.25) is 0 Å². The lowest BCUT2D eigenvalue weighted by atomic mass is 10.1. The summed E-state index contributed by atoms with van der Waals surface area (Å²) in [5, 5.41) is 9.38. The lowest BCUT2D eigenvalue weighted by Gasteiger charge is -2.04. The van der Waals surface area contributed by atoms with E-state index in [1.165, 1.54) is 12.8 Å². The molecule has 0 aromatic rings. The molecule has 1 heteroatoms. The predicted octanol–water partition coefficient (Wildman–Crippen LogP) is 2.12. The van der Waals surface area contributed by atoms with Crippen molar-refractivity contribution >= 4 is 0 Å². The lowest BCUT2D eigenvalue weighted by molar-refractivity contribution is 0.165. The molecule has 0 saturated carbocycles. The van der Waals surface area contributed by atoms with Crippen molar-refractivity contribution in [3.63, 3.8) is 0 Å². The fourth-order valence-electron chi connectivity index (χ4n) is 1.24. The highest BCUT2D eigenvalue weighted by Crippen LogP contribution is 2.16. The molecule has 0 aliphatic heterocycles. The molecule has 0 amide bonds. The smallest absolute Gasteiger partial charge is 0.0747 e. The highest BCUT2D eigenvalue weighted by Gasteiger charge is 2.16. The third kappa shape index (κ3) is 2.71. The summed E-state index contributed by atoms with van der Waals surface area (Å²) in [5.74, 6) is 6.28. The Morgan fingerprint density at radius 1 is 1.58 bits per heavy atom. The quantitative estimate of drug-likeness (QED) is 0.376. The van der Waals surface area contributed by atoms with Gasteiger partial charge in [0, 0.05) is 6.42 Å². The number of hydrogen-bond acceptors (Lipinski definition) is 1. The molecule has 1 aliphatic rings. The molecule has 0 bridgehead atoms. The van der Waals surface area contributed by atoms with Crippen LogP contribution in [0.25, 0.3) is 0 Å². The van der Waals surface area contributed by atoms with E-state index in [-0.39, 0.29) is 12.0 Å². The topological polar surface area (TPSA) is 20.2 Å². The zero-order valence-corrected chi connectivity index (χ0v) is 7.59. The van der Waals surface area contributed by atoms with Crippen LogP contribution in [0.3, 0.4) is 0 Å². The van der Waals surface area contributed by atoms with Crippen LogP contribution in [0.15, 0.2) is 12.2 Å². The Bertz CT molecular complexity index is 207. The van der Waals surface area contributed by atoms with E-state index in [9.17, 15) is 5.11 Å². The van der Waals surface area contributed by atoms with E-state index < -0.39 is 0 Å². The summed E-state index contributed by atoms with van der Waals surface area (Å²) < 4.78 is 0. The minimum absolute atomic E-state index is 0.0989. The molecule has 1 nitrogen and oxygen atoms in total. The molecule has 12 heavy (non-hydrogen) atoms. The number of aliphatic hydroxyl groups excluding tert-OH is 1. The largest absolute Gasteiger partial charge is 0.391 e. The molecule has 2 unspecified atom stereocenters. The number of unbranched alkanes of at least 4 members (excludes halogenated alkanes) is 2. The Kier molecular flexibility index (Phi) is 3.90. The van der Waals surface area contributed by atoms with E-state index in [1.807, 2.05) is 12.2 Å². The maximum Gasteiger partial charge on any atom is 0.0747 e. The van der Waals surface area contributed by atoms with Gasteiger partial charge in [0.2, 0.25) is 0 Å². The maximum absolute atomic E-state index is 9.38. The summed E-state index contributed by atoms with van der Waals surface area (Å²) >= 11 is 0. The second-order valence-electron chi connectivity index (χ2n) is 3.18. The van der Waals surface area contributed by atoms with Crippen LogP contribution >= 0.6 is 0 Å². The molecular formula is C11H16O. The first-order chi connectivity index (χ1) is 5.84. The standard InChI is InChI=1S/C11H16O/c1-2-3-4-5-7-10-8-6-9-11(10)12/h6,8,10-12H,2-4,9H2,1H3. The monoisotopic (exact) mass is 164 g/mol. The van der Waals surface area contributed by atoms with Crippen LogP contribution < -0.4 is 0 Å². The van der Waals surface area contributed by atoms with Crippen LogP contribution in [0.1, 0.15) is 32.6 Å². The van der Waals surface area contributed by atoms with Crippen LogP contribution in [0.4, 0.5) is 0 Å². The van der Waals surface area contributed by atoms with Gasteiger partial charge < -0.3 is 5.11 Å². The Morgan fingerprint density at radius 2 is 2.42 bits per heavy atom. The van der Waals surface area contributed by atoms with Crippen molar-refractivity contribution in [2.24, 2.45) is 5.92 Å². The third-order valence-electron chi connectivity index (χ3n) is 2.06. The van der Waals surface area contributed by atoms with Gasteiger partial charge in [-0.1, -0.05) is 31.4 Å². The highest BCUT2D eigenvalue weighted by atomic mass is 16.3. The van der Waals surface area contributed by atoms with Crippen LogP contribution in [-0.4, -0.2) is 11.2 Å². The molecule has 0 saturated heterocycles. The summed E-state index contributed by atoms with van der Waals surface area (Å²) in [4.78, 5) is 0. The van der Waals surface area contributed by atoms with E-state index in [0.717, 1.165) is 12.8 Å². The van der Waals surface area contributed by atoms with Gasteiger partial charge in [0.25, 0.3) is 0 Å². The minimum atomic E-state index is -0.251. The van der Waals surface area contributed by atoms with Gasteiger partial charge in [0.1, 0.15) is 0 Å². The van der Waals surface area contributed by atoms with Crippen LogP contribution in [0.2, 0.25) is 0 Å². The van der Waals surface area contributed by atoms with E-state index in [1.54, 1.807) is 0 Å². The molecule has 0 fully saturated rings. The summed E-state index contributed by atoms with van der Waals surface area (Å²) in [6.07, 6.45) is 7.85. The average Bonchev–Trinajstić information content (AvgIpc) is 2.46. The predicted molar refractivity (Wildman–Crippen MR) is 50.6 cm³/mol. The summed E-state index contributed by atoms with van der Waals surface area (Å²) in [6.45, 7) is 2.16. The number of aliphatic hydroxyl groups is 1. The van der Waals surface area contributed by atoms with Crippen molar-refractivity contribution in [2.45, 2.75) is 38.7 Å². The van der Waals surface area contributed by atoms with Gasteiger partial charge in [-0.05, 0) is 12.8 Å². The van der Waals surface area contributed by atoms with Gasteiger partial charge in [-0.25, -0.2) is 0 Å². The first kappa shape index (κ1) is 9.35. The summed E-state index contributed by atoms with van der Waals surface area (Å²) in [7, 11) is 0. The van der Waals surface area contributed by atoms with Crippen molar-refractivity contribution in [1.29, 1.82) is 0 Å². The Labute approximate surface area is 74.5 Å². The van der Waals surface area contributed by atoms with Crippen LogP contribution in [0.5, 0.6) is 0 Å². The molecule has 1 rings (SSSR count). The van der Waals surface area contributed by atoms with Crippen molar-refractivity contribution < 1.29 is 5.11 Å². The van der Waals surface area contributed by atoms with Crippen LogP contribution in [-0.2, 0) is 0 Å². The number of hydrogen-bond donors (Lipinski definition) is 1. The highest BCUT2D eigenvalue weighted by molar-refractivity contribution is 5.17. The van der Waals surface area contributed by atoms with Crippen molar-refractivity contribution in [1.82, 2.24) is 0 Å². The van der Waals surface area contributed by atoms with Gasteiger partial charge in [0.05, 0.1) is 12.0 Å². The molecule has 0 spiro atoms. The Hall–Kier alpha value is -0.740. The normalized spacial score (nSPS) is 26.8. The molecule has 0 aromatic heterocycles. The fourth-order valence-corrected chi connectivity index (χ4v) is 1.24. The molecule has 1 aliphatic carbocycles. The zero-order valence-electron chi connectivity index (χ0n) is 7.59. The zero-order chi connectivity index (χ0) is 8.81. The Balaban J connectivity index is 2.27. The van der Waals surface area contributed by atoms with Crippen molar-refractivity contribution in [3.05, 3.63) is 12.2 Å². The first-order valence-corrected chi connectivity index (χ1v) is 4.67. The van der Waals surface area contributed by atoms with Crippen LogP contribution in [0, 0.1) is 17.8 Å². The molecule has 66 valence electrons. The van der Waals surface area contributed by atoms with E-state index >= 15 is 0 Å². The maximum atomic E-state index is 9.38. The molecular weight excluding hydrogens is 148 g/mol.